The van der Waals surface area contributed by atoms with Gasteiger partial charge in [-0.1, -0.05) is 119 Å². The van der Waals surface area contributed by atoms with E-state index in [1.54, 1.807) is 74.5 Å². The first-order chi connectivity index (χ1) is 27.5. The molecular formula is C43H57N5O9S. The van der Waals surface area contributed by atoms with E-state index in [2.05, 4.69) is 12.6 Å². The number of unbranched alkanes of at least 4 members (excludes halogenated alkanes) is 2. The number of ketones is 1. The lowest BCUT2D eigenvalue weighted by molar-refractivity contribution is -0.192. The topological polar surface area (TPSA) is 259 Å². The SMILES string of the molecule is CCCCCC(Cc1ccccc1)(C(C(N)=O)C(=O)OCc1ccccc1)C(C(=O)O)(C(=O)C(N)CS)N(C(=O)C(N)Cc1ccc(O)cc1)C(=O)C(N)C(C)CC. The van der Waals surface area contributed by atoms with E-state index in [-0.39, 0.29) is 30.1 Å². The highest BCUT2D eigenvalue weighted by molar-refractivity contribution is 7.80. The number of ether oxygens (including phenoxy) is 1. The molecule has 0 aliphatic carbocycles. The fraction of sp³-hybridized carbons (Fsp3) is 0.442. The molecule has 7 unspecified atom stereocenters. The van der Waals surface area contributed by atoms with Gasteiger partial charge >= 0.3 is 11.9 Å². The number of imide groups is 1. The summed E-state index contributed by atoms with van der Waals surface area (Å²) in [7, 11) is 0. The van der Waals surface area contributed by atoms with Crippen LogP contribution in [0.3, 0.4) is 0 Å². The number of phenolic OH excluding ortho intramolecular Hbond substituents is 1. The van der Waals surface area contributed by atoms with Gasteiger partial charge in [0, 0.05) is 11.2 Å². The molecule has 3 rings (SSSR count). The number of carboxylic acids is 1. The van der Waals surface area contributed by atoms with Crippen LogP contribution in [-0.4, -0.2) is 80.0 Å². The summed E-state index contributed by atoms with van der Waals surface area (Å²) in [6.07, 6.45) is 0.0474. The van der Waals surface area contributed by atoms with Crippen LogP contribution >= 0.6 is 12.6 Å². The Morgan fingerprint density at radius 3 is 1.86 bits per heavy atom. The summed E-state index contributed by atoms with van der Waals surface area (Å²) in [5, 5.41) is 21.8. The Hall–Kier alpha value is -5.09. The molecule has 0 radical (unpaired) electrons. The number of hydrogen-bond acceptors (Lipinski definition) is 12. The molecule has 0 aliphatic rings. The zero-order valence-corrected chi connectivity index (χ0v) is 34.2. The zero-order chi connectivity index (χ0) is 43.2. The van der Waals surface area contributed by atoms with Crippen molar-refractivity contribution in [2.24, 2.45) is 40.2 Å². The number of carbonyl (C=O) groups excluding carboxylic acids is 5. The van der Waals surface area contributed by atoms with E-state index in [9.17, 15) is 24.6 Å². The second kappa shape index (κ2) is 21.6. The summed E-state index contributed by atoms with van der Waals surface area (Å²) >= 11 is 4.24. The summed E-state index contributed by atoms with van der Waals surface area (Å²) in [6.45, 7) is 4.82. The van der Waals surface area contributed by atoms with E-state index >= 15 is 14.4 Å². The molecule has 0 spiro atoms. The number of carbonyl (C=O) groups is 6. The lowest BCUT2D eigenvalue weighted by atomic mass is 9.53. The van der Waals surface area contributed by atoms with Crippen LogP contribution in [-0.2, 0) is 53.0 Å². The third-order valence-corrected chi connectivity index (χ3v) is 11.2. The first-order valence-electron chi connectivity index (χ1n) is 19.4. The first-order valence-corrected chi connectivity index (χ1v) is 20.0. The molecule has 0 saturated carbocycles. The number of nitrogens with two attached hydrogens (primary N) is 4. The number of aromatic hydroxyl groups is 1. The van der Waals surface area contributed by atoms with Gasteiger partial charge in [0.2, 0.25) is 23.3 Å². The quantitative estimate of drug-likeness (QED) is 0.0315. The Kier molecular flexibility index (Phi) is 17.6. The van der Waals surface area contributed by atoms with Crippen LogP contribution in [0.5, 0.6) is 5.75 Å². The molecule has 0 fully saturated rings. The molecule has 10 N–H and O–H groups in total. The lowest BCUT2D eigenvalue weighted by Crippen LogP contribution is -2.80. The van der Waals surface area contributed by atoms with Gasteiger partial charge in [-0.2, -0.15) is 12.6 Å². The van der Waals surface area contributed by atoms with E-state index < -0.39 is 95.0 Å². The number of Topliss-reactive ketones (excluding diaryl/α,β-unsaturated/α-hetero) is 1. The predicted octanol–water partition coefficient (Wildman–Crippen LogP) is 3.29. The third kappa shape index (κ3) is 10.5. The Bertz CT molecular complexity index is 1870. The van der Waals surface area contributed by atoms with Crippen LogP contribution in [0.4, 0.5) is 0 Å². The van der Waals surface area contributed by atoms with Crippen molar-refractivity contribution in [1.29, 1.82) is 0 Å². The van der Waals surface area contributed by atoms with Gasteiger partial charge in [-0.25, -0.2) is 4.79 Å². The van der Waals surface area contributed by atoms with Crippen molar-refractivity contribution in [3.8, 4) is 5.75 Å². The fourth-order valence-electron chi connectivity index (χ4n) is 7.50. The number of esters is 1. The maximum atomic E-state index is 15.5. The molecule has 58 heavy (non-hydrogen) atoms. The van der Waals surface area contributed by atoms with Crippen LogP contribution in [0.1, 0.15) is 69.6 Å². The van der Waals surface area contributed by atoms with E-state index in [0.717, 1.165) is 0 Å². The summed E-state index contributed by atoms with van der Waals surface area (Å²) in [5.41, 5.74) is 20.9. The summed E-state index contributed by atoms with van der Waals surface area (Å²) < 4.78 is 5.73. The second-order valence-electron chi connectivity index (χ2n) is 14.8. The minimum atomic E-state index is -3.48. The zero-order valence-electron chi connectivity index (χ0n) is 33.3. The van der Waals surface area contributed by atoms with Gasteiger partial charge in [0.15, 0.2) is 5.78 Å². The van der Waals surface area contributed by atoms with Crippen LogP contribution in [0.2, 0.25) is 0 Å². The highest BCUT2D eigenvalue weighted by Gasteiger charge is 2.73. The molecular weight excluding hydrogens is 763 g/mol. The molecule has 0 aromatic heterocycles. The maximum absolute atomic E-state index is 15.5. The lowest BCUT2D eigenvalue weighted by Gasteiger charge is -2.54. The van der Waals surface area contributed by atoms with Crippen molar-refractivity contribution in [3.05, 3.63) is 102 Å². The maximum Gasteiger partial charge on any atom is 0.338 e. The Balaban J connectivity index is 2.62. The normalized spacial score (nSPS) is 16.0. The van der Waals surface area contributed by atoms with Gasteiger partial charge in [-0.15, -0.1) is 0 Å². The predicted molar refractivity (Wildman–Crippen MR) is 222 cm³/mol. The Morgan fingerprint density at radius 1 is 0.793 bits per heavy atom. The van der Waals surface area contributed by atoms with Crippen LogP contribution in [0.15, 0.2) is 84.9 Å². The van der Waals surface area contributed by atoms with Gasteiger partial charge in [0.1, 0.15) is 18.3 Å². The number of benzene rings is 3. The number of rotatable bonds is 23. The van der Waals surface area contributed by atoms with E-state index in [4.69, 9.17) is 27.7 Å². The van der Waals surface area contributed by atoms with Crippen molar-refractivity contribution in [3.63, 3.8) is 0 Å². The third-order valence-electron chi connectivity index (χ3n) is 10.8. The van der Waals surface area contributed by atoms with Crippen molar-refractivity contribution < 1.29 is 43.7 Å². The molecule has 3 aromatic rings. The molecule has 7 atom stereocenters. The highest BCUT2D eigenvalue weighted by atomic mass is 32.1. The number of hydrogen-bond donors (Lipinski definition) is 7. The minimum Gasteiger partial charge on any atom is -0.508 e. The molecule has 314 valence electrons. The summed E-state index contributed by atoms with van der Waals surface area (Å²) in [4.78, 5) is 89.6. The van der Waals surface area contributed by atoms with E-state index in [0.29, 0.717) is 36.0 Å². The Labute approximate surface area is 345 Å². The fourth-order valence-corrected chi connectivity index (χ4v) is 7.66. The molecule has 14 nitrogen and oxygen atoms in total. The number of nitrogens with zero attached hydrogens (tertiary/aromatic N) is 1. The van der Waals surface area contributed by atoms with Crippen LogP contribution < -0.4 is 22.9 Å². The Morgan fingerprint density at radius 2 is 1.36 bits per heavy atom. The van der Waals surface area contributed by atoms with E-state index in [1.165, 1.54) is 24.3 Å². The molecule has 0 saturated heterocycles. The molecule has 3 amide bonds. The highest BCUT2D eigenvalue weighted by Crippen LogP contribution is 2.52. The van der Waals surface area contributed by atoms with Crippen molar-refractivity contribution in [2.45, 2.75) is 96.0 Å². The average molecular weight is 820 g/mol. The van der Waals surface area contributed by atoms with Crippen LogP contribution in [0, 0.1) is 17.3 Å². The molecule has 0 aliphatic heterocycles. The van der Waals surface area contributed by atoms with Gasteiger partial charge in [0.25, 0.3) is 0 Å². The standard InChI is InChI=1S/C43H57N5O9S/c1-4-6-13-22-42(24-29-14-9-7-10-15-29,34(37(47)51)40(54)57-25-30-16-11-8-12-17-30)43(41(55)56,36(50)33(45)26-58)48(39(53)35(46)27(3)5-2)38(52)32(44)23-28-18-20-31(49)21-19-28/h7-12,14-21,27,32-35,49,58H,4-6,13,22-26,44-46H2,1-3H3,(H2,47,51)(H,55,56). The monoisotopic (exact) mass is 819 g/mol. The van der Waals surface area contributed by atoms with Gasteiger partial charge in [-0.05, 0) is 54.0 Å². The van der Waals surface area contributed by atoms with Crippen molar-refractivity contribution in [2.75, 3.05) is 5.75 Å². The van der Waals surface area contributed by atoms with Crippen molar-refractivity contribution >= 4 is 48.1 Å². The molecule has 0 heterocycles. The minimum absolute atomic E-state index is 0.0781. The van der Waals surface area contributed by atoms with Crippen molar-refractivity contribution in [1.82, 2.24) is 4.90 Å². The molecule has 0 bridgehead atoms. The smallest absolute Gasteiger partial charge is 0.338 e. The summed E-state index contributed by atoms with van der Waals surface area (Å²) in [5.74, 6) is -12.3. The first kappa shape index (κ1) is 47.3. The number of phenols is 1. The molecule has 3 aromatic carbocycles. The summed E-state index contributed by atoms with van der Waals surface area (Å²) in [6, 6.07) is 17.1. The largest absolute Gasteiger partial charge is 0.508 e. The number of amides is 3. The number of thiol groups is 1. The number of aliphatic carboxylic acids is 1. The van der Waals surface area contributed by atoms with E-state index in [1.807, 2.05) is 6.92 Å². The molecule has 15 heteroatoms. The van der Waals surface area contributed by atoms with Gasteiger partial charge < -0.3 is 37.9 Å². The second-order valence-corrected chi connectivity index (χ2v) is 15.1. The van der Waals surface area contributed by atoms with Gasteiger partial charge in [0.05, 0.1) is 18.1 Å². The van der Waals surface area contributed by atoms with Gasteiger partial charge in [-0.3, -0.25) is 28.9 Å². The number of carboxylic acid groups (broad SMARTS) is 1. The average Bonchev–Trinajstić information content (AvgIpc) is 3.21. The van der Waals surface area contributed by atoms with Crippen LogP contribution in [0.25, 0.3) is 0 Å². The number of primary amides is 1.